The van der Waals surface area contributed by atoms with E-state index in [4.69, 9.17) is 0 Å². The zero-order valence-electron chi connectivity index (χ0n) is 15.2. The number of hydrogen-bond acceptors (Lipinski definition) is 6. The molecule has 1 aliphatic heterocycles. The van der Waals surface area contributed by atoms with Crippen LogP contribution in [0.15, 0.2) is 60.0 Å². The summed E-state index contributed by atoms with van der Waals surface area (Å²) in [4.78, 5) is 29.7. The largest absolute Gasteiger partial charge is 0.297 e. The van der Waals surface area contributed by atoms with Gasteiger partial charge >= 0.3 is 0 Å². The summed E-state index contributed by atoms with van der Waals surface area (Å²) in [5.74, 6) is 0.590. The average Bonchev–Trinajstić information content (AvgIpc) is 3.34. The molecule has 3 heterocycles. The number of aromatic nitrogens is 4. The molecule has 0 radical (unpaired) electrons. The van der Waals surface area contributed by atoms with Gasteiger partial charge in [0.1, 0.15) is 0 Å². The van der Waals surface area contributed by atoms with Crippen LogP contribution >= 0.6 is 11.8 Å². The first kappa shape index (κ1) is 18.4. The number of imide groups is 1. The molecule has 0 saturated carbocycles. The lowest BCUT2D eigenvalue weighted by atomic mass is 10.2. The Morgan fingerprint density at radius 1 is 1.11 bits per heavy atom. The van der Waals surface area contributed by atoms with Crippen LogP contribution in [0.5, 0.6) is 0 Å². The lowest BCUT2D eigenvalue weighted by molar-refractivity contribution is -0.140. The molecule has 4 rings (SSSR count). The highest BCUT2D eigenvalue weighted by molar-refractivity contribution is 7.99. The number of carbonyl (C=O) groups is 2. The quantitative estimate of drug-likeness (QED) is 0.599. The summed E-state index contributed by atoms with van der Waals surface area (Å²) in [5, 5.41) is 9.27. The molecule has 0 spiro atoms. The average molecular weight is 393 g/mol. The highest BCUT2D eigenvalue weighted by atomic mass is 32.2. The molecule has 0 unspecified atom stereocenters. The van der Waals surface area contributed by atoms with E-state index in [9.17, 15) is 9.59 Å². The van der Waals surface area contributed by atoms with Gasteiger partial charge in [-0.1, -0.05) is 42.1 Å². The molecule has 1 aromatic carbocycles. The molecule has 0 N–H and O–H groups in total. The molecule has 0 aliphatic carbocycles. The van der Waals surface area contributed by atoms with Gasteiger partial charge in [-0.15, -0.1) is 10.2 Å². The Hall–Kier alpha value is -3.00. The van der Waals surface area contributed by atoms with Crippen LogP contribution in [0, 0.1) is 0 Å². The van der Waals surface area contributed by atoms with E-state index in [1.807, 2.05) is 47.0 Å². The minimum atomic E-state index is -0.176. The molecule has 1 aliphatic rings. The molecule has 1 fully saturated rings. The number of hydrogen-bond donors (Lipinski definition) is 0. The molecular formula is C20H19N5O2S. The van der Waals surface area contributed by atoms with Crippen LogP contribution in [-0.2, 0) is 16.1 Å². The smallest absolute Gasteiger partial charge is 0.239 e. The number of carbonyl (C=O) groups excluding carboxylic acids is 2. The summed E-state index contributed by atoms with van der Waals surface area (Å²) in [6.07, 6.45) is 4.65. The van der Waals surface area contributed by atoms with Crippen molar-refractivity contribution in [3.63, 3.8) is 0 Å². The predicted octanol–water partition coefficient (Wildman–Crippen LogP) is 2.63. The van der Waals surface area contributed by atoms with Gasteiger partial charge in [-0.05, 0) is 24.1 Å². The summed E-state index contributed by atoms with van der Waals surface area (Å²) >= 11 is 1.30. The Kier molecular flexibility index (Phi) is 5.48. The fourth-order valence-corrected chi connectivity index (χ4v) is 3.94. The molecule has 2 aromatic heterocycles. The highest BCUT2D eigenvalue weighted by Gasteiger charge is 2.27. The third-order valence-corrected chi connectivity index (χ3v) is 5.47. The van der Waals surface area contributed by atoms with Gasteiger partial charge in [0.25, 0.3) is 0 Å². The third kappa shape index (κ3) is 3.96. The molecule has 1 saturated heterocycles. The number of pyridine rings is 1. The Morgan fingerprint density at radius 3 is 2.68 bits per heavy atom. The highest BCUT2D eigenvalue weighted by Crippen LogP contribution is 2.25. The van der Waals surface area contributed by atoms with E-state index in [1.165, 1.54) is 16.7 Å². The molecule has 8 heteroatoms. The lowest BCUT2D eigenvalue weighted by Gasteiger charge is -2.13. The Bertz CT molecular complexity index is 975. The molecule has 28 heavy (non-hydrogen) atoms. The van der Waals surface area contributed by atoms with Gasteiger partial charge < -0.3 is 0 Å². The number of rotatable bonds is 6. The normalized spacial score (nSPS) is 13.9. The number of thioether (sulfide) groups is 1. The molecule has 2 amide bonds. The van der Waals surface area contributed by atoms with E-state index in [2.05, 4.69) is 15.2 Å². The summed E-state index contributed by atoms with van der Waals surface area (Å²) in [7, 11) is 0. The second-order valence-electron chi connectivity index (χ2n) is 6.45. The van der Waals surface area contributed by atoms with Crippen molar-refractivity contribution in [3.05, 3.63) is 60.4 Å². The van der Waals surface area contributed by atoms with Gasteiger partial charge in [-0.2, -0.15) is 0 Å². The third-order valence-electron chi connectivity index (χ3n) is 4.52. The van der Waals surface area contributed by atoms with E-state index in [0.29, 0.717) is 30.5 Å². The van der Waals surface area contributed by atoms with Gasteiger partial charge in [-0.25, -0.2) is 0 Å². The summed E-state index contributed by atoms with van der Waals surface area (Å²) < 4.78 is 1.98. The van der Waals surface area contributed by atoms with Crippen LogP contribution < -0.4 is 0 Å². The predicted molar refractivity (Wildman–Crippen MR) is 105 cm³/mol. The van der Waals surface area contributed by atoms with Crippen LogP contribution in [0.25, 0.3) is 11.4 Å². The number of benzene rings is 1. The minimum absolute atomic E-state index is 0.0904. The fraction of sp³-hybridized carbons (Fsp3) is 0.250. The van der Waals surface area contributed by atoms with Crippen molar-refractivity contribution in [3.8, 4) is 11.4 Å². The van der Waals surface area contributed by atoms with E-state index in [-0.39, 0.29) is 17.6 Å². The second-order valence-corrected chi connectivity index (χ2v) is 7.39. The minimum Gasteiger partial charge on any atom is -0.297 e. The van der Waals surface area contributed by atoms with Crippen LogP contribution in [0.1, 0.15) is 18.4 Å². The van der Waals surface area contributed by atoms with Crippen LogP contribution in [0.4, 0.5) is 0 Å². The summed E-state index contributed by atoms with van der Waals surface area (Å²) in [6.45, 7) is 1.09. The van der Waals surface area contributed by atoms with Crippen molar-refractivity contribution >= 4 is 23.6 Å². The topological polar surface area (TPSA) is 81.0 Å². The lowest BCUT2D eigenvalue weighted by Crippen LogP contribution is -2.33. The molecule has 3 aromatic rings. The second kappa shape index (κ2) is 8.35. The van der Waals surface area contributed by atoms with E-state index < -0.39 is 0 Å². The maximum Gasteiger partial charge on any atom is 0.239 e. The van der Waals surface area contributed by atoms with Crippen molar-refractivity contribution in [2.45, 2.75) is 24.5 Å². The molecular weight excluding hydrogens is 374 g/mol. The maximum atomic E-state index is 12.4. The van der Waals surface area contributed by atoms with E-state index in [0.717, 1.165) is 17.5 Å². The molecule has 7 nitrogen and oxygen atoms in total. The first-order valence-electron chi connectivity index (χ1n) is 9.06. The number of likely N-dealkylation sites (tertiary alicyclic amines) is 1. The maximum absolute atomic E-state index is 12.4. The van der Waals surface area contributed by atoms with Gasteiger partial charge in [0.15, 0.2) is 11.0 Å². The number of nitrogens with zero attached hydrogens (tertiary/aromatic N) is 5. The van der Waals surface area contributed by atoms with Crippen molar-refractivity contribution in [2.24, 2.45) is 0 Å². The van der Waals surface area contributed by atoms with Crippen LogP contribution in [0.3, 0.4) is 0 Å². The first-order valence-corrected chi connectivity index (χ1v) is 10.0. The fourth-order valence-electron chi connectivity index (χ4n) is 3.13. The van der Waals surface area contributed by atoms with E-state index >= 15 is 0 Å². The van der Waals surface area contributed by atoms with Gasteiger partial charge in [0.2, 0.25) is 11.8 Å². The zero-order chi connectivity index (χ0) is 19.3. The van der Waals surface area contributed by atoms with Gasteiger partial charge in [0.05, 0.1) is 12.3 Å². The standard InChI is InChI=1S/C20H19N5O2S/c26-17-9-5-11-24(17)18(27)14-28-20-23-22-19(16-8-4-10-21-12-16)25(20)13-15-6-2-1-3-7-15/h1-4,6-8,10,12H,5,9,11,13-14H2. The molecule has 0 bridgehead atoms. The van der Waals surface area contributed by atoms with Crippen molar-refractivity contribution in [2.75, 3.05) is 12.3 Å². The Balaban J connectivity index is 1.58. The summed E-state index contributed by atoms with van der Waals surface area (Å²) in [5.41, 5.74) is 1.97. The van der Waals surface area contributed by atoms with Crippen molar-refractivity contribution < 1.29 is 9.59 Å². The molecule has 0 atom stereocenters. The van der Waals surface area contributed by atoms with Crippen LogP contribution in [-0.4, -0.2) is 48.8 Å². The Labute approximate surface area is 166 Å². The van der Waals surface area contributed by atoms with Crippen molar-refractivity contribution in [1.82, 2.24) is 24.6 Å². The van der Waals surface area contributed by atoms with Gasteiger partial charge in [-0.3, -0.25) is 24.0 Å². The molecule has 142 valence electrons. The van der Waals surface area contributed by atoms with Crippen molar-refractivity contribution in [1.29, 1.82) is 0 Å². The Morgan fingerprint density at radius 2 is 1.96 bits per heavy atom. The van der Waals surface area contributed by atoms with Gasteiger partial charge in [0, 0.05) is 30.9 Å². The monoisotopic (exact) mass is 393 g/mol. The first-order chi connectivity index (χ1) is 13.7. The SMILES string of the molecule is O=C1CCCN1C(=O)CSc1nnc(-c2cccnc2)n1Cc1ccccc1. The van der Waals surface area contributed by atoms with Crippen LogP contribution in [0.2, 0.25) is 0 Å². The van der Waals surface area contributed by atoms with E-state index in [1.54, 1.807) is 12.4 Å². The zero-order valence-corrected chi connectivity index (χ0v) is 16.0. The summed E-state index contributed by atoms with van der Waals surface area (Å²) in [6, 6.07) is 13.8. The number of amides is 2.